The average Bonchev–Trinajstić information content (AvgIpc) is 2.71. The van der Waals surface area contributed by atoms with Gasteiger partial charge in [-0.15, -0.1) is 11.3 Å². The van der Waals surface area contributed by atoms with Gasteiger partial charge in [0.1, 0.15) is 4.88 Å². The second-order valence-electron chi connectivity index (χ2n) is 4.82. The fourth-order valence-electron chi connectivity index (χ4n) is 1.37. The van der Waals surface area contributed by atoms with E-state index in [1.807, 2.05) is 13.8 Å². The standard InChI is InChI=1S/C12H17ClO5S2/c1-8-10(20(13,15)16)7-9(19-8)11(14)18-6-5-12(2,3)17-4/h7H,5-6H2,1-4H3. The first-order valence-corrected chi connectivity index (χ1v) is 8.97. The van der Waals surface area contributed by atoms with E-state index in [1.54, 1.807) is 14.0 Å². The zero-order chi connectivity index (χ0) is 15.6. The summed E-state index contributed by atoms with van der Waals surface area (Å²) in [6.07, 6.45) is 0.542. The maximum Gasteiger partial charge on any atom is 0.348 e. The average molecular weight is 341 g/mol. The molecule has 0 atom stereocenters. The molecule has 0 aliphatic heterocycles. The molecular formula is C12H17ClO5S2. The van der Waals surface area contributed by atoms with Gasteiger partial charge in [-0.25, -0.2) is 13.2 Å². The quantitative estimate of drug-likeness (QED) is 0.588. The van der Waals surface area contributed by atoms with Gasteiger partial charge in [0.2, 0.25) is 0 Å². The summed E-state index contributed by atoms with van der Waals surface area (Å²) in [5.74, 6) is -0.559. The van der Waals surface area contributed by atoms with Gasteiger partial charge >= 0.3 is 5.97 Å². The number of methoxy groups -OCH3 is 1. The second-order valence-corrected chi connectivity index (χ2v) is 8.61. The molecule has 114 valence electrons. The van der Waals surface area contributed by atoms with E-state index in [-0.39, 0.29) is 22.0 Å². The molecule has 1 aromatic rings. The van der Waals surface area contributed by atoms with Crippen LogP contribution in [0.2, 0.25) is 0 Å². The predicted molar refractivity (Wildman–Crippen MR) is 78.1 cm³/mol. The van der Waals surface area contributed by atoms with Gasteiger partial charge in [-0.05, 0) is 26.8 Å². The Balaban J connectivity index is 2.71. The van der Waals surface area contributed by atoms with E-state index in [0.717, 1.165) is 11.3 Å². The summed E-state index contributed by atoms with van der Waals surface area (Å²) in [5.41, 5.74) is -0.379. The summed E-state index contributed by atoms with van der Waals surface area (Å²) in [4.78, 5) is 12.5. The molecule has 0 amide bonds. The van der Waals surface area contributed by atoms with E-state index >= 15 is 0 Å². The minimum absolute atomic E-state index is 0.0478. The first-order valence-electron chi connectivity index (χ1n) is 5.84. The van der Waals surface area contributed by atoms with Crippen LogP contribution in [-0.2, 0) is 18.5 Å². The van der Waals surface area contributed by atoms with Crippen LogP contribution in [0.1, 0.15) is 34.8 Å². The van der Waals surface area contributed by atoms with E-state index in [1.165, 1.54) is 6.07 Å². The van der Waals surface area contributed by atoms with Gasteiger partial charge in [0.05, 0.1) is 17.1 Å². The number of aryl methyl sites for hydroxylation is 1. The van der Waals surface area contributed by atoms with Crippen LogP contribution in [0, 0.1) is 6.92 Å². The molecule has 0 aromatic carbocycles. The van der Waals surface area contributed by atoms with Crippen LogP contribution < -0.4 is 0 Å². The van der Waals surface area contributed by atoms with Gasteiger partial charge in [-0.2, -0.15) is 0 Å². The molecule has 0 radical (unpaired) electrons. The number of hydrogen-bond donors (Lipinski definition) is 0. The summed E-state index contributed by atoms with van der Waals surface area (Å²) in [6, 6.07) is 1.24. The highest BCUT2D eigenvalue weighted by Gasteiger charge is 2.22. The number of thiophene rings is 1. The fourth-order valence-corrected chi connectivity index (χ4v) is 3.93. The number of hydrogen-bond acceptors (Lipinski definition) is 6. The zero-order valence-electron chi connectivity index (χ0n) is 11.7. The third-order valence-electron chi connectivity index (χ3n) is 2.83. The smallest absolute Gasteiger partial charge is 0.348 e. The SMILES string of the molecule is COC(C)(C)CCOC(=O)c1cc(S(=O)(=O)Cl)c(C)s1. The monoisotopic (exact) mass is 340 g/mol. The van der Waals surface area contributed by atoms with Crippen molar-refractivity contribution in [3.8, 4) is 0 Å². The van der Waals surface area contributed by atoms with E-state index in [2.05, 4.69) is 0 Å². The molecule has 0 saturated heterocycles. The first-order chi connectivity index (χ1) is 9.07. The van der Waals surface area contributed by atoms with Crippen LogP contribution in [0.4, 0.5) is 0 Å². The second kappa shape index (κ2) is 6.43. The predicted octanol–water partition coefficient (Wildman–Crippen LogP) is 2.96. The zero-order valence-corrected chi connectivity index (χ0v) is 14.1. The van der Waals surface area contributed by atoms with Gasteiger partial charge in [0.25, 0.3) is 9.05 Å². The third-order valence-corrected chi connectivity index (χ3v) is 5.43. The molecule has 1 rings (SSSR count). The van der Waals surface area contributed by atoms with Crippen LogP contribution in [0.5, 0.6) is 0 Å². The maximum absolute atomic E-state index is 11.8. The summed E-state index contributed by atoms with van der Waals surface area (Å²) in [7, 11) is 3.02. The van der Waals surface area contributed by atoms with E-state index in [4.69, 9.17) is 20.2 Å². The van der Waals surface area contributed by atoms with Crippen LogP contribution in [0.3, 0.4) is 0 Å². The molecular weight excluding hydrogens is 324 g/mol. The molecule has 0 aliphatic rings. The molecule has 20 heavy (non-hydrogen) atoms. The largest absolute Gasteiger partial charge is 0.461 e. The number of rotatable bonds is 6. The summed E-state index contributed by atoms with van der Waals surface area (Å²) < 4.78 is 32.9. The van der Waals surface area contributed by atoms with Crippen LogP contribution in [-0.4, -0.2) is 33.7 Å². The van der Waals surface area contributed by atoms with Crippen molar-refractivity contribution in [2.24, 2.45) is 0 Å². The highest BCUT2D eigenvalue weighted by atomic mass is 35.7. The molecule has 0 fully saturated rings. The Labute approximate surface area is 127 Å². The van der Waals surface area contributed by atoms with Gasteiger partial charge in [0, 0.05) is 29.1 Å². The third kappa shape index (κ3) is 4.73. The van der Waals surface area contributed by atoms with Gasteiger partial charge in [-0.3, -0.25) is 0 Å². The Morgan fingerprint density at radius 1 is 1.45 bits per heavy atom. The lowest BCUT2D eigenvalue weighted by Gasteiger charge is -2.22. The van der Waals surface area contributed by atoms with E-state index in [9.17, 15) is 13.2 Å². The number of carbonyl (C=O) groups excluding carboxylic acids is 1. The van der Waals surface area contributed by atoms with E-state index in [0.29, 0.717) is 11.3 Å². The summed E-state index contributed by atoms with van der Waals surface area (Å²) in [6.45, 7) is 5.55. The van der Waals surface area contributed by atoms with Crippen molar-refractivity contribution in [1.29, 1.82) is 0 Å². The number of esters is 1. The Hall–Kier alpha value is -0.630. The molecule has 1 heterocycles. The molecule has 0 bridgehead atoms. The lowest BCUT2D eigenvalue weighted by atomic mass is 10.1. The van der Waals surface area contributed by atoms with Crippen LogP contribution >= 0.6 is 22.0 Å². The maximum atomic E-state index is 11.8. The van der Waals surface area contributed by atoms with Gasteiger partial charge < -0.3 is 9.47 Å². The molecule has 0 spiro atoms. The molecule has 1 aromatic heterocycles. The number of carbonyl (C=O) groups is 1. The van der Waals surface area contributed by atoms with Gasteiger partial charge in [-0.1, -0.05) is 0 Å². The lowest BCUT2D eigenvalue weighted by Crippen LogP contribution is -2.25. The molecule has 0 saturated carbocycles. The van der Waals surface area contributed by atoms with Gasteiger partial charge in [0.15, 0.2) is 0 Å². The topological polar surface area (TPSA) is 69.7 Å². The minimum atomic E-state index is -3.84. The molecule has 5 nitrogen and oxygen atoms in total. The van der Waals surface area contributed by atoms with Crippen LogP contribution in [0.15, 0.2) is 11.0 Å². The lowest BCUT2D eigenvalue weighted by molar-refractivity contribution is -0.00549. The van der Waals surface area contributed by atoms with Crippen molar-refractivity contribution in [3.05, 3.63) is 15.8 Å². The Morgan fingerprint density at radius 3 is 2.50 bits per heavy atom. The van der Waals surface area contributed by atoms with Crippen molar-refractivity contribution >= 4 is 37.0 Å². The van der Waals surface area contributed by atoms with E-state index < -0.39 is 15.0 Å². The van der Waals surface area contributed by atoms with Crippen molar-refractivity contribution in [1.82, 2.24) is 0 Å². The normalized spacial score (nSPS) is 12.4. The van der Waals surface area contributed by atoms with Crippen molar-refractivity contribution in [2.45, 2.75) is 37.7 Å². The fraction of sp³-hybridized carbons (Fsp3) is 0.583. The van der Waals surface area contributed by atoms with Crippen molar-refractivity contribution in [3.63, 3.8) is 0 Å². The molecule has 0 N–H and O–H groups in total. The Bertz CT molecular complexity index is 589. The number of ether oxygens (including phenoxy) is 2. The van der Waals surface area contributed by atoms with Crippen LogP contribution in [0.25, 0.3) is 0 Å². The van der Waals surface area contributed by atoms with Crippen molar-refractivity contribution in [2.75, 3.05) is 13.7 Å². The highest BCUT2D eigenvalue weighted by Crippen LogP contribution is 2.28. The molecule has 0 aliphatic carbocycles. The summed E-state index contributed by atoms with van der Waals surface area (Å²) in [5, 5.41) is 0. The highest BCUT2D eigenvalue weighted by molar-refractivity contribution is 8.13. The Kier molecular flexibility index (Phi) is 5.60. The van der Waals surface area contributed by atoms with Crippen molar-refractivity contribution < 1.29 is 22.7 Å². The number of halogens is 1. The summed E-state index contributed by atoms with van der Waals surface area (Å²) >= 11 is 1.04. The minimum Gasteiger partial charge on any atom is -0.461 e. The molecule has 8 heteroatoms. The Morgan fingerprint density at radius 2 is 2.05 bits per heavy atom. The molecule has 0 unspecified atom stereocenters. The first kappa shape index (κ1) is 17.4.